The van der Waals surface area contributed by atoms with Crippen LogP contribution in [0.25, 0.3) is 0 Å². The Morgan fingerprint density at radius 1 is 1.33 bits per heavy atom. The molecule has 0 aromatic carbocycles. The Morgan fingerprint density at radius 3 is 2.39 bits per heavy atom. The van der Waals surface area contributed by atoms with Crippen molar-refractivity contribution in [2.75, 3.05) is 13.1 Å². The summed E-state index contributed by atoms with van der Waals surface area (Å²) >= 11 is 0. The zero-order valence-corrected chi connectivity index (χ0v) is 11.8. The number of nitrogens with one attached hydrogen (secondary N) is 2. The molecule has 0 unspecified atom stereocenters. The van der Waals surface area contributed by atoms with Crippen LogP contribution in [0.2, 0.25) is 0 Å². The normalized spacial score (nSPS) is 11.6. The van der Waals surface area contributed by atoms with Gasteiger partial charge in [-0.25, -0.2) is 4.98 Å². The molecule has 0 atom stereocenters. The van der Waals surface area contributed by atoms with Crippen molar-refractivity contribution in [3.8, 4) is 0 Å². The average molecular weight is 253 g/mol. The number of hydrogen-bond acceptors (Lipinski definition) is 4. The first kappa shape index (κ1) is 14.6. The number of hydrogen-bond donors (Lipinski definition) is 2. The van der Waals surface area contributed by atoms with Crippen molar-refractivity contribution in [1.82, 2.24) is 25.4 Å². The third-order valence-corrected chi connectivity index (χ3v) is 2.78. The fraction of sp³-hybridized carbons (Fsp3) is 0.750. The van der Waals surface area contributed by atoms with Crippen LogP contribution in [-0.2, 0) is 0 Å². The van der Waals surface area contributed by atoms with Gasteiger partial charge in [-0.3, -0.25) is 14.8 Å². The van der Waals surface area contributed by atoms with Gasteiger partial charge in [-0.05, 0) is 34.6 Å². The van der Waals surface area contributed by atoms with Gasteiger partial charge in [0.25, 0.3) is 5.91 Å². The number of carbonyl (C=O) groups is 1. The molecule has 0 fully saturated rings. The van der Waals surface area contributed by atoms with Gasteiger partial charge in [0.2, 0.25) is 5.82 Å². The third-order valence-electron chi connectivity index (χ3n) is 2.78. The lowest BCUT2D eigenvalue weighted by atomic mass is 10.2. The Kier molecular flexibility index (Phi) is 5.27. The van der Waals surface area contributed by atoms with Crippen molar-refractivity contribution in [3.63, 3.8) is 0 Å². The number of rotatable bonds is 6. The van der Waals surface area contributed by atoms with E-state index in [1.807, 2.05) is 0 Å². The van der Waals surface area contributed by atoms with E-state index >= 15 is 0 Å². The molecule has 1 rings (SSSR count). The Bertz CT molecular complexity index is 378. The van der Waals surface area contributed by atoms with Gasteiger partial charge in [-0.2, -0.15) is 0 Å². The van der Waals surface area contributed by atoms with Crippen LogP contribution in [0.4, 0.5) is 0 Å². The van der Waals surface area contributed by atoms with Crippen LogP contribution in [0.3, 0.4) is 0 Å². The van der Waals surface area contributed by atoms with Crippen molar-refractivity contribution in [3.05, 3.63) is 11.6 Å². The maximum atomic E-state index is 11.7. The highest BCUT2D eigenvalue weighted by atomic mass is 16.2. The largest absolute Gasteiger partial charge is 0.348 e. The summed E-state index contributed by atoms with van der Waals surface area (Å²) in [5.41, 5.74) is 0. The van der Waals surface area contributed by atoms with Crippen LogP contribution >= 0.6 is 0 Å². The van der Waals surface area contributed by atoms with Crippen LogP contribution in [0, 0.1) is 6.92 Å². The first-order valence-corrected chi connectivity index (χ1v) is 6.34. The molecule has 102 valence electrons. The molecule has 0 bridgehead atoms. The monoisotopic (exact) mass is 253 g/mol. The summed E-state index contributed by atoms with van der Waals surface area (Å²) in [6.45, 7) is 11.8. The first-order valence-electron chi connectivity index (χ1n) is 6.34. The molecule has 18 heavy (non-hydrogen) atoms. The highest BCUT2D eigenvalue weighted by molar-refractivity contribution is 5.90. The van der Waals surface area contributed by atoms with E-state index in [1.54, 1.807) is 6.92 Å². The highest BCUT2D eigenvalue weighted by Crippen LogP contribution is 2.03. The molecular formula is C12H23N5O. The number of aromatic nitrogens is 3. The number of amides is 1. The maximum absolute atomic E-state index is 11.7. The smallest absolute Gasteiger partial charge is 0.291 e. The predicted octanol–water partition coefficient (Wildman–Crippen LogP) is 0.962. The number of aromatic amines is 1. The number of nitrogens with zero attached hydrogens (tertiary/aromatic N) is 3. The Balaban J connectivity index is 2.39. The van der Waals surface area contributed by atoms with E-state index in [1.165, 1.54) is 0 Å². The number of carbonyl (C=O) groups excluding carboxylic acids is 1. The molecule has 0 aliphatic rings. The van der Waals surface area contributed by atoms with Crippen molar-refractivity contribution in [2.24, 2.45) is 0 Å². The van der Waals surface area contributed by atoms with Gasteiger partial charge in [0.15, 0.2) is 0 Å². The molecule has 0 radical (unpaired) electrons. The van der Waals surface area contributed by atoms with E-state index in [9.17, 15) is 4.79 Å². The van der Waals surface area contributed by atoms with E-state index in [0.29, 0.717) is 24.5 Å². The van der Waals surface area contributed by atoms with Gasteiger partial charge < -0.3 is 5.32 Å². The second-order valence-corrected chi connectivity index (χ2v) is 4.93. The fourth-order valence-corrected chi connectivity index (χ4v) is 1.93. The van der Waals surface area contributed by atoms with E-state index in [4.69, 9.17) is 0 Å². The zero-order chi connectivity index (χ0) is 13.7. The molecule has 2 N–H and O–H groups in total. The van der Waals surface area contributed by atoms with Gasteiger partial charge >= 0.3 is 0 Å². The second kappa shape index (κ2) is 6.49. The second-order valence-electron chi connectivity index (χ2n) is 4.93. The minimum Gasteiger partial charge on any atom is -0.348 e. The molecular weight excluding hydrogens is 230 g/mol. The lowest BCUT2D eigenvalue weighted by molar-refractivity contribution is 0.0929. The average Bonchev–Trinajstić information content (AvgIpc) is 2.69. The number of aryl methyl sites for hydroxylation is 1. The fourth-order valence-electron chi connectivity index (χ4n) is 1.93. The molecule has 0 spiro atoms. The summed E-state index contributed by atoms with van der Waals surface area (Å²) in [7, 11) is 0. The molecule has 6 nitrogen and oxygen atoms in total. The Hall–Kier alpha value is -1.43. The minimum atomic E-state index is -0.230. The van der Waals surface area contributed by atoms with Gasteiger partial charge in [0.05, 0.1) is 0 Å². The summed E-state index contributed by atoms with van der Waals surface area (Å²) in [6.07, 6.45) is 0. The molecule has 1 heterocycles. The molecule has 1 amide bonds. The molecule has 6 heteroatoms. The topological polar surface area (TPSA) is 73.9 Å². The molecule has 1 aromatic heterocycles. The third kappa shape index (κ3) is 4.10. The molecule has 1 aromatic rings. The van der Waals surface area contributed by atoms with Crippen LogP contribution in [-0.4, -0.2) is 51.2 Å². The van der Waals surface area contributed by atoms with Crippen molar-refractivity contribution in [1.29, 1.82) is 0 Å². The standard InChI is InChI=1S/C12H23N5O/c1-8(2)17(9(3)4)7-6-13-12(18)11-14-10(5)15-16-11/h8-9H,6-7H2,1-5H3,(H,13,18)(H,14,15,16). The summed E-state index contributed by atoms with van der Waals surface area (Å²) in [6, 6.07) is 0.931. The first-order chi connectivity index (χ1) is 8.41. The summed E-state index contributed by atoms with van der Waals surface area (Å²) in [4.78, 5) is 18.0. The van der Waals surface area contributed by atoms with Gasteiger partial charge in [-0.1, -0.05) is 0 Å². The van der Waals surface area contributed by atoms with Crippen LogP contribution in [0.1, 0.15) is 44.1 Å². The quantitative estimate of drug-likeness (QED) is 0.792. The summed E-state index contributed by atoms with van der Waals surface area (Å²) in [5, 5.41) is 9.30. The van der Waals surface area contributed by atoms with Crippen LogP contribution in [0.5, 0.6) is 0 Å². The van der Waals surface area contributed by atoms with Crippen molar-refractivity contribution < 1.29 is 4.79 Å². The van der Waals surface area contributed by atoms with E-state index in [0.717, 1.165) is 6.54 Å². The predicted molar refractivity (Wildman–Crippen MR) is 70.4 cm³/mol. The Labute approximate surface area is 108 Å². The molecule has 0 saturated carbocycles. The maximum Gasteiger partial charge on any atom is 0.291 e. The van der Waals surface area contributed by atoms with Crippen molar-refractivity contribution >= 4 is 5.91 Å². The van der Waals surface area contributed by atoms with Crippen LogP contribution in [0.15, 0.2) is 0 Å². The minimum absolute atomic E-state index is 0.202. The van der Waals surface area contributed by atoms with Gasteiger partial charge in [-0.15, -0.1) is 5.10 Å². The number of H-pyrrole nitrogens is 1. The van der Waals surface area contributed by atoms with E-state index < -0.39 is 0 Å². The zero-order valence-electron chi connectivity index (χ0n) is 11.8. The van der Waals surface area contributed by atoms with Gasteiger partial charge in [0, 0.05) is 25.2 Å². The summed E-state index contributed by atoms with van der Waals surface area (Å²) in [5.74, 6) is 0.617. The van der Waals surface area contributed by atoms with Crippen LogP contribution < -0.4 is 5.32 Å². The summed E-state index contributed by atoms with van der Waals surface area (Å²) < 4.78 is 0. The lowest BCUT2D eigenvalue weighted by Gasteiger charge is -2.30. The van der Waals surface area contributed by atoms with Crippen molar-refractivity contribution in [2.45, 2.75) is 46.7 Å². The molecule has 0 saturated heterocycles. The lowest BCUT2D eigenvalue weighted by Crippen LogP contribution is -2.42. The molecule has 0 aliphatic carbocycles. The molecule has 0 aliphatic heterocycles. The highest BCUT2D eigenvalue weighted by Gasteiger charge is 2.14. The Morgan fingerprint density at radius 2 is 1.94 bits per heavy atom. The van der Waals surface area contributed by atoms with Gasteiger partial charge in [0.1, 0.15) is 5.82 Å². The van der Waals surface area contributed by atoms with E-state index in [-0.39, 0.29) is 11.7 Å². The SMILES string of the molecule is Cc1nc(C(=O)NCCN(C(C)C)C(C)C)n[nH]1. The van der Waals surface area contributed by atoms with E-state index in [2.05, 4.69) is 53.1 Å².